The highest BCUT2D eigenvalue weighted by Crippen LogP contribution is 2.29. The van der Waals surface area contributed by atoms with E-state index in [1.165, 1.54) is 25.7 Å². The molecule has 2 aliphatic carbocycles. The Kier molecular flexibility index (Phi) is 6.11. The first-order valence-electron chi connectivity index (χ1n) is 7.86. The summed E-state index contributed by atoms with van der Waals surface area (Å²) >= 11 is 0. The lowest BCUT2D eigenvalue weighted by Gasteiger charge is -2.29. The van der Waals surface area contributed by atoms with E-state index < -0.39 is 0 Å². The zero-order valence-electron chi connectivity index (χ0n) is 11.9. The lowest BCUT2D eigenvalue weighted by Crippen LogP contribution is -2.39. The van der Waals surface area contributed by atoms with Gasteiger partial charge in [-0.25, -0.2) is 0 Å². The maximum Gasteiger partial charge on any atom is 0.223 e. The number of rotatable bonds is 8. The van der Waals surface area contributed by atoms with Gasteiger partial charge in [-0.05, 0) is 50.5 Å². The van der Waals surface area contributed by atoms with Crippen LogP contribution in [-0.4, -0.2) is 32.2 Å². The molecule has 0 saturated heterocycles. The van der Waals surface area contributed by atoms with Crippen LogP contribution in [0, 0.1) is 17.8 Å². The largest absolute Gasteiger partial charge is 0.381 e. The SMILES string of the molecule is NCC1CCCCC1C(=O)NCCCOCC1CC1. The number of carbonyl (C=O) groups excluding carboxylic acids is 1. The molecule has 0 spiro atoms. The summed E-state index contributed by atoms with van der Waals surface area (Å²) in [6.07, 6.45) is 8.08. The molecule has 2 fully saturated rings. The first kappa shape index (κ1) is 14.8. The highest BCUT2D eigenvalue weighted by atomic mass is 16.5. The van der Waals surface area contributed by atoms with Crippen molar-refractivity contribution in [1.29, 1.82) is 0 Å². The minimum absolute atomic E-state index is 0.145. The maximum atomic E-state index is 12.1. The van der Waals surface area contributed by atoms with Crippen LogP contribution >= 0.6 is 0 Å². The van der Waals surface area contributed by atoms with Gasteiger partial charge in [-0.2, -0.15) is 0 Å². The molecule has 2 atom stereocenters. The third-order valence-corrected chi connectivity index (χ3v) is 4.36. The fourth-order valence-electron chi connectivity index (χ4n) is 2.89. The summed E-state index contributed by atoms with van der Waals surface area (Å²) in [7, 11) is 0. The van der Waals surface area contributed by atoms with Crippen molar-refractivity contribution in [3.63, 3.8) is 0 Å². The second-order valence-corrected chi connectivity index (χ2v) is 6.05. The van der Waals surface area contributed by atoms with Crippen molar-refractivity contribution in [2.45, 2.75) is 44.9 Å². The van der Waals surface area contributed by atoms with Gasteiger partial charge in [-0.15, -0.1) is 0 Å². The molecule has 0 radical (unpaired) electrons. The number of hydrogen-bond donors (Lipinski definition) is 2. The van der Waals surface area contributed by atoms with Crippen LogP contribution in [0.15, 0.2) is 0 Å². The van der Waals surface area contributed by atoms with Gasteiger partial charge in [0, 0.05) is 25.7 Å². The molecule has 110 valence electrons. The Morgan fingerprint density at radius 1 is 1.21 bits per heavy atom. The zero-order valence-corrected chi connectivity index (χ0v) is 11.9. The van der Waals surface area contributed by atoms with Crippen LogP contribution in [0.25, 0.3) is 0 Å². The lowest BCUT2D eigenvalue weighted by molar-refractivity contribution is -0.127. The average Bonchev–Trinajstić information content (AvgIpc) is 3.26. The van der Waals surface area contributed by atoms with Crippen LogP contribution in [0.3, 0.4) is 0 Å². The summed E-state index contributed by atoms with van der Waals surface area (Å²) in [6, 6.07) is 0. The summed E-state index contributed by atoms with van der Waals surface area (Å²) in [5, 5.41) is 3.05. The second kappa shape index (κ2) is 7.85. The maximum absolute atomic E-state index is 12.1. The van der Waals surface area contributed by atoms with Crippen LogP contribution in [0.1, 0.15) is 44.9 Å². The first-order chi connectivity index (χ1) is 9.31. The minimum atomic E-state index is 0.145. The number of hydrogen-bond acceptors (Lipinski definition) is 3. The van der Waals surface area contributed by atoms with Crippen molar-refractivity contribution in [3.05, 3.63) is 0 Å². The topological polar surface area (TPSA) is 64.4 Å². The van der Waals surface area contributed by atoms with Gasteiger partial charge in [0.2, 0.25) is 5.91 Å². The number of amides is 1. The van der Waals surface area contributed by atoms with E-state index in [-0.39, 0.29) is 11.8 Å². The summed E-state index contributed by atoms with van der Waals surface area (Å²) < 4.78 is 5.56. The molecule has 0 heterocycles. The van der Waals surface area contributed by atoms with Gasteiger partial charge in [0.05, 0.1) is 0 Å². The fraction of sp³-hybridized carbons (Fsp3) is 0.933. The minimum Gasteiger partial charge on any atom is -0.381 e. The highest BCUT2D eigenvalue weighted by molar-refractivity contribution is 5.79. The summed E-state index contributed by atoms with van der Waals surface area (Å²) in [6.45, 7) is 3.05. The number of nitrogens with two attached hydrogens (primary N) is 1. The molecule has 2 unspecified atom stereocenters. The second-order valence-electron chi connectivity index (χ2n) is 6.05. The van der Waals surface area contributed by atoms with Gasteiger partial charge in [-0.3, -0.25) is 4.79 Å². The normalized spacial score (nSPS) is 27.2. The molecule has 0 aromatic heterocycles. The van der Waals surface area contributed by atoms with Gasteiger partial charge < -0.3 is 15.8 Å². The fourth-order valence-corrected chi connectivity index (χ4v) is 2.89. The van der Waals surface area contributed by atoms with E-state index in [2.05, 4.69) is 5.32 Å². The lowest BCUT2D eigenvalue weighted by atomic mass is 9.79. The molecule has 4 nitrogen and oxygen atoms in total. The van der Waals surface area contributed by atoms with E-state index in [0.29, 0.717) is 12.5 Å². The van der Waals surface area contributed by atoms with E-state index in [4.69, 9.17) is 10.5 Å². The van der Waals surface area contributed by atoms with E-state index in [1.807, 2.05) is 0 Å². The highest BCUT2D eigenvalue weighted by Gasteiger charge is 2.29. The summed E-state index contributed by atoms with van der Waals surface area (Å²) in [5.74, 6) is 1.56. The number of ether oxygens (including phenoxy) is 1. The molecule has 0 bridgehead atoms. The third kappa shape index (κ3) is 5.11. The van der Waals surface area contributed by atoms with E-state index in [0.717, 1.165) is 44.9 Å². The quantitative estimate of drug-likeness (QED) is 0.658. The Hall–Kier alpha value is -0.610. The van der Waals surface area contributed by atoms with Crippen LogP contribution in [0.4, 0.5) is 0 Å². The molecule has 1 amide bonds. The first-order valence-corrected chi connectivity index (χ1v) is 7.86. The molecule has 2 aliphatic rings. The van der Waals surface area contributed by atoms with E-state index in [1.54, 1.807) is 0 Å². The monoisotopic (exact) mass is 268 g/mol. The Bertz CT molecular complexity index is 279. The molecule has 2 saturated carbocycles. The molecule has 0 aromatic carbocycles. The predicted octanol–water partition coefficient (Wildman–Crippen LogP) is 1.68. The van der Waals surface area contributed by atoms with Crippen molar-refractivity contribution in [1.82, 2.24) is 5.32 Å². The predicted molar refractivity (Wildman–Crippen MR) is 75.7 cm³/mol. The van der Waals surface area contributed by atoms with Crippen LogP contribution in [0.5, 0.6) is 0 Å². The van der Waals surface area contributed by atoms with Gasteiger partial charge in [0.15, 0.2) is 0 Å². The average molecular weight is 268 g/mol. The van der Waals surface area contributed by atoms with Gasteiger partial charge in [0.1, 0.15) is 0 Å². The van der Waals surface area contributed by atoms with Crippen LogP contribution in [-0.2, 0) is 9.53 Å². The molecule has 19 heavy (non-hydrogen) atoms. The van der Waals surface area contributed by atoms with E-state index >= 15 is 0 Å². The molecule has 3 N–H and O–H groups in total. The molecule has 0 aromatic rings. The van der Waals surface area contributed by atoms with Gasteiger partial charge in [-0.1, -0.05) is 12.8 Å². The summed E-state index contributed by atoms with van der Waals surface area (Å²) in [4.78, 5) is 12.1. The van der Waals surface area contributed by atoms with Gasteiger partial charge in [0.25, 0.3) is 0 Å². The number of nitrogens with one attached hydrogen (secondary N) is 1. The van der Waals surface area contributed by atoms with Crippen LogP contribution in [0.2, 0.25) is 0 Å². The Balaban J connectivity index is 1.54. The Morgan fingerprint density at radius 2 is 2.00 bits per heavy atom. The van der Waals surface area contributed by atoms with Crippen molar-refractivity contribution in [2.24, 2.45) is 23.5 Å². The molecular weight excluding hydrogens is 240 g/mol. The number of carbonyl (C=O) groups is 1. The van der Waals surface area contributed by atoms with E-state index in [9.17, 15) is 4.79 Å². The van der Waals surface area contributed by atoms with Crippen molar-refractivity contribution in [2.75, 3.05) is 26.3 Å². The molecule has 4 heteroatoms. The Morgan fingerprint density at radius 3 is 2.74 bits per heavy atom. The van der Waals surface area contributed by atoms with Crippen molar-refractivity contribution < 1.29 is 9.53 Å². The summed E-state index contributed by atoms with van der Waals surface area (Å²) in [5.41, 5.74) is 5.76. The Labute approximate surface area is 116 Å². The molecule has 2 rings (SSSR count). The third-order valence-electron chi connectivity index (χ3n) is 4.36. The zero-order chi connectivity index (χ0) is 13.5. The van der Waals surface area contributed by atoms with Gasteiger partial charge >= 0.3 is 0 Å². The standard InChI is InChI=1S/C15H28N2O2/c16-10-13-4-1-2-5-14(13)15(18)17-8-3-9-19-11-12-6-7-12/h12-14H,1-11,16H2,(H,17,18). The molecular formula is C15H28N2O2. The van der Waals surface area contributed by atoms with Crippen LogP contribution < -0.4 is 11.1 Å². The smallest absolute Gasteiger partial charge is 0.223 e. The molecule has 0 aliphatic heterocycles. The van der Waals surface area contributed by atoms with Crippen molar-refractivity contribution in [3.8, 4) is 0 Å². The van der Waals surface area contributed by atoms with Crippen molar-refractivity contribution >= 4 is 5.91 Å².